The summed E-state index contributed by atoms with van der Waals surface area (Å²) in [5.41, 5.74) is 2.82. The maximum atomic E-state index is 11.7. The van der Waals surface area contributed by atoms with Gasteiger partial charge in [-0.3, -0.25) is 4.79 Å². The zero-order chi connectivity index (χ0) is 14.7. The minimum atomic E-state index is -0.0623. The van der Waals surface area contributed by atoms with Gasteiger partial charge in [0.2, 0.25) is 0 Å². The summed E-state index contributed by atoms with van der Waals surface area (Å²) >= 11 is 1.79. The summed E-state index contributed by atoms with van der Waals surface area (Å²) in [5, 5.41) is 6.14. The zero-order valence-electron chi connectivity index (χ0n) is 12.3. The molecule has 0 saturated carbocycles. The number of thiophene rings is 1. The van der Waals surface area contributed by atoms with Crippen molar-refractivity contribution in [2.45, 2.75) is 26.8 Å². The molecule has 0 spiro atoms. The van der Waals surface area contributed by atoms with E-state index in [0.29, 0.717) is 5.56 Å². The van der Waals surface area contributed by atoms with Gasteiger partial charge in [0.05, 0.1) is 6.04 Å². The van der Waals surface area contributed by atoms with Gasteiger partial charge in [0, 0.05) is 28.1 Å². The number of hydrogen-bond acceptors (Lipinski definition) is 3. The van der Waals surface area contributed by atoms with Gasteiger partial charge in [0.25, 0.3) is 5.91 Å². The molecule has 0 radical (unpaired) electrons. The van der Waals surface area contributed by atoms with Crippen LogP contribution in [-0.2, 0) is 0 Å². The predicted molar refractivity (Wildman–Crippen MR) is 85.7 cm³/mol. The van der Waals surface area contributed by atoms with E-state index >= 15 is 0 Å². The highest BCUT2D eigenvalue weighted by Crippen LogP contribution is 2.27. The van der Waals surface area contributed by atoms with Crippen molar-refractivity contribution in [3.05, 3.63) is 51.2 Å². The Kier molecular flexibility index (Phi) is 4.45. The Morgan fingerprint density at radius 2 is 1.95 bits per heavy atom. The number of nitrogens with one attached hydrogen (secondary N) is 2. The summed E-state index contributed by atoms with van der Waals surface area (Å²) in [6, 6.07) is 10.2. The molecule has 0 saturated heterocycles. The monoisotopic (exact) mass is 288 g/mol. The minimum Gasteiger partial charge on any atom is -0.377 e. The highest BCUT2D eigenvalue weighted by atomic mass is 32.1. The second kappa shape index (κ2) is 6.09. The van der Waals surface area contributed by atoms with Crippen LogP contribution < -0.4 is 10.6 Å². The van der Waals surface area contributed by atoms with Crippen molar-refractivity contribution in [3.8, 4) is 0 Å². The molecule has 1 heterocycles. The van der Waals surface area contributed by atoms with Crippen molar-refractivity contribution in [3.63, 3.8) is 0 Å². The normalized spacial score (nSPS) is 12.0. The molecule has 4 heteroatoms. The van der Waals surface area contributed by atoms with Crippen LogP contribution >= 0.6 is 11.3 Å². The Morgan fingerprint density at radius 1 is 1.20 bits per heavy atom. The second-order valence-electron chi connectivity index (χ2n) is 4.92. The van der Waals surface area contributed by atoms with Crippen molar-refractivity contribution in [2.24, 2.45) is 0 Å². The third-order valence-electron chi connectivity index (χ3n) is 3.29. The largest absolute Gasteiger partial charge is 0.377 e. The van der Waals surface area contributed by atoms with Gasteiger partial charge >= 0.3 is 0 Å². The first-order valence-corrected chi connectivity index (χ1v) is 7.48. The first-order valence-electron chi connectivity index (χ1n) is 6.67. The molecule has 0 fully saturated rings. The minimum absolute atomic E-state index is 0.0623. The van der Waals surface area contributed by atoms with Crippen LogP contribution in [0.15, 0.2) is 30.3 Å². The van der Waals surface area contributed by atoms with E-state index in [4.69, 9.17) is 0 Å². The van der Waals surface area contributed by atoms with E-state index in [0.717, 1.165) is 11.3 Å². The van der Waals surface area contributed by atoms with Gasteiger partial charge < -0.3 is 10.6 Å². The van der Waals surface area contributed by atoms with Crippen LogP contribution in [0.1, 0.15) is 38.6 Å². The Bertz CT molecular complexity index is 619. The first kappa shape index (κ1) is 14.6. The van der Waals surface area contributed by atoms with Crippen molar-refractivity contribution in [1.82, 2.24) is 5.32 Å². The molecular weight excluding hydrogens is 268 g/mol. The van der Waals surface area contributed by atoms with E-state index in [1.807, 2.05) is 25.1 Å². The highest BCUT2D eigenvalue weighted by Gasteiger charge is 2.11. The number of aryl methyl sites for hydroxylation is 2. The topological polar surface area (TPSA) is 41.1 Å². The highest BCUT2D eigenvalue weighted by molar-refractivity contribution is 7.12. The molecule has 20 heavy (non-hydrogen) atoms. The Morgan fingerprint density at radius 3 is 2.55 bits per heavy atom. The number of carbonyl (C=O) groups excluding carboxylic acids is 1. The molecule has 0 bridgehead atoms. The summed E-state index contributed by atoms with van der Waals surface area (Å²) in [7, 11) is 1.65. The number of anilines is 1. The lowest BCUT2D eigenvalue weighted by Crippen LogP contribution is -2.18. The predicted octanol–water partition coefficient (Wildman–Crippen LogP) is 3.90. The van der Waals surface area contributed by atoms with Crippen LogP contribution in [0.5, 0.6) is 0 Å². The molecule has 1 unspecified atom stereocenters. The average molecular weight is 288 g/mol. The molecule has 2 N–H and O–H groups in total. The van der Waals surface area contributed by atoms with Gasteiger partial charge in [-0.1, -0.05) is 6.07 Å². The lowest BCUT2D eigenvalue weighted by atomic mass is 10.1. The van der Waals surface area contributed by atoms with Gasteiger partial charge in [0.1, 0.15) is 0 Å². The van der Waals surface area contributed by atoms with E-state index in [-0.39, 0.29) is 11.9 Å². The van der Waals surface area contributed by atoms with Gasteiger partial charge in [-0.25, -0.2) is 0 Å². The lowest BCUT2D eigenvalue weighted by molar-refractivity contribution is 0.0963. The van der Waals surface area contributed by atoms with Crippen LogP contribution in [0.3, 0.4) is 0 Å². The molecule has 0 aliphatic carbocycles. The number of amides is 1. The summed E-state index contributed by atoms with van der Waals surface area (Å²) in [4.78, 5) is 14.3. The molecule has 1 aromatic heterocycles. The quantitative estimate of drug-likeness (QED) is 0.896. The number of carbonyl (C=O) groups is 1. The number of benzene rings is 1. The molecule has 0 aliphatic rings. The summed E-state index contributed by atoms with van der Waals surface area (Å²) < 4.78 is 0. The molecule has 2 rings (SSSR count). The average Bonchev–Trinajstić information content (AvgIpc) is 2.87. The van der Waals surface area contributed by atoms with Gasteiger partial charge in [-0.05, 0) is 50.6 Å². The fourth-order valence-corrected chi connectivity index (χ4v) is 2.93. The second-order valence-corrected chi connectivity index (χ2v) is 6.24. The summed E-state index contributed by atoms with van der Waals surface area (Å²) in [6.45, 7) is 6.29. The van der Waals surface area contributed by atoms with Crippen molar-refractivity contribution in [1.29, 1.82) is 0 Å². The maximum Gasteiger partial charge on any atom is 0.251 e. The van der Waals surface area contributed by atoms with Crippen LogP contribution in [0.2, 0.25) is 0 Å². The molecule has 1 atom stereocenters. The third kappa shape index (κ3) is 3.20. The molecule has 0 aliphatic heterocycles. The van der Waals surface area contributed by atoms with E-state index in [9.17, 15) is 4.79 Å². The van der Waals surface area contributed by atoms with Gasteiger partial charge in [-0.15, -0.1) is 11.3 Å². The lowest BCUT2D eigenvalue weighted by Gasteiger charge is -2.16. The van der Waals surface area contributed by atoms with Crippen LogP contribution in [0.25, 0.3) is 0 Å². The smallest absolute Gasteiger partial charge is 0.251 e. The van der Waals surface area contributed by atoms with Crippen LogP contribution in [0, 0.1) is 13.8 Å². The first-order chi connectivity index (χ1) is 9.51. The standard InChI is InChI=1S/C16H20N2OS/c1-10-5-7-13(16(19)17-4)9-14(10)18-12(3)15-8-6-11(2)20-15/h5-9,12,18H,1-4H3,(H,17,19). The Balaban J connectivity index is 2.22. The maximum absolute atomic E-state index is 11.7. The summed E-state index contributed by atoms with van der Waals surface area (Å²) in [6.07, 6.45) is 0. The zero-order valence-corrected chi connectivity index (χ0v) is 13.1. The van der Waals surface area contributed by atoms with Crippen molar-refractivity contribution >= 4 is 22.9 Å². The molecule has 1 aromatic carbocycles. The van der Waals surface area contributed by atoms with E-state index in [2.05, 4.69) is 36.6 Å². The van der Waals surface area contributed by atoms with E-state index in [1.54, 1.807) is 18.4 Å². The van der Waals surface area contributed by atoms with Gasteiger partial charge in [0.15, 0.2) is 0 Å². The van der Waals surface area contributed by atoms with Gasteiger partial charge in [-0.2, -0.15) is 0 Å². The molecule has 1 amide bonds. The molecular formula is C16H20N2OS. The van der Waals surface area contributed by atoms with Crippen molar-refractivity contribution < 1.29 is 4.79 Å². The fourth-order valence-electron chi connectivity index (χ4n) is 2.05. The fraction of sp³-hybridized carbons (Fsp3) is 0.312. The van der Waals surface area contributed by atoms with Crippen molar-refractivity contribution in [2.75, 3.05) is 12.4 Å². The SMILES string of the molecule is CNC(=O)c1ccc(C)c(NC(C)c2ccc(C)s2)c1. The number of rotatable bonds is 4. The van der Waals surface area contributed by atoms with Crippen LogP contribution in [0.4, 0.5) is 5.69 Å². The Hall–Kier alpha value is -1.81. The molecule has 106 valence electrons. The van der Waals surface area contributed by atoms with E-state index < -0.39 is 0 Å². The molecule has 2 aromatic rings. The van der Waals surface area contributed by atoms with Crippen LogP contribution in [-0.4, -0.2) is 13.0 Å². The van der Waals surface area contributed by atoms with E-state index in [1.165, 1.54) is 9.75 Å². The molecule has 3 nitrogen and oxygen atoms in total. The number of hydrogen-bond donors (Lipinski definition) is 2. The Labute approximate surface area is 124 Å². The third-order valence-corrected chi connectivity index (χ3v) is 4.47. The summed E-state index contributed by atoms with van der Waals surface area (Å²) in [5.74, 6) is -0.0623.